The normalized spacial score (nSPS) is 16.8. The third kappa shape index (κ3) is 4.84. The molecule has 0 aliphatic carbocycles. The van der Waals surface area contributed by atoms with Crippen molar-refractivity contribution >= 4 is 15.9 Å². The first-order valence-electron chi connectivity index (χ1n) is 9.27. The molecule has 0 saturated carbocycles. The van der Waals surface area contributed by atoms with E-state index in [-0.39, 0.29) is 11.8 Å². The molecule has 2 rings (SSSR count). The van der Waals surface area contributed by atoms with Gasteiger partial charge in [-0.1, -0.05) is 26.0 Å². The standard InChI is InChI=1S/C19H31N3O3S/c1-15(2)16-5-7-18(8-6-16)26(24,25)22-12-9-17(10-13-22)19(23)21(4)14-11-20-3/h5-8,15,17,20H,9-14H2,1-4H3. The van der Waals surface area contributed by atoms with Gasteiger partial charge in [-0.05, 0) is 43.5 Å². The maximum absolute atomic E-state index is 12.8. The van der Waals surface area contributed by atoms with Crippen molar-refractivity contribution in [1.29, 1.82) is 0 Å². The van der Waals surface area contributed by atoms with Crippen LogP contribution < -0.4 is 5.32 Å². The van der Waals surface area contributed by atoms with Crippen LogP contribution in [0, 0.1) is 5.92 Å². The number of amides is 1. The number of piperidine rings is 1. The molecule has 0 atom stereocenters. The van der Waals surface area contributed by atoms with Gasteiger partial charge >= 0.3 is 0 Å². The van der Waals surface area contributed by atoms with E-state index in [2.05, 4.69) is 19.2 Å². The summed E-state index contributed by atoms with van der Waals surface area (Å²) in [5.74, 6) is 0.388. The van der Waals surface area contributed by atoms with Gasteiger partial charge < -0.3 is 10.2 Å². The molecule has 7 heteroatoms. The molecule has 0 spiro atoms. The summed E-state index contributed by atoms with van der Waals surface area (Å²) in [5, 5.41) is 3.03. The number of benzene rings is 1. The molecule has 0 radical (unpaired) electrons. The van der Waals surface area contributed by atoms with E-state index in [9.17, 15) is 13.2 Å². The van der Waals surface area contributed by atoms with E-state index in [0.717, 1.165) is 12.1 Å². The highest BCUT2D eigenvalue weighted by molar-refractivity contribution is 7.89. The summed E-state index contributed by atoms with van der Waals surface area (Å²) in [6.45, 7) is 6.37. The van der Waals surface area contributed by atoms with Crippen molar-refractivity contribution in [2.75, 3.05) is 40.3 Å². The minimum Gasteiger partial charge on any atom is -0.344 e. The lowest BCUT2D eigenvalue weighted by atomic mass is 9.97. The third-order valence-electron chi connectivity index (χ3n) is 5.06. The van der Waals surface area contributed by atoms with E-state index in [0.29, 0.717) is 43.3 Å². The first-order chi connectivity index (χ1) is 12.3. The molecule has 1 amide bonds. The summed E-state index contributed by atoms with van der Waals surface area (Å²) in [4.78, 5) is 14.5. The van der Waals surface area contributed by atoms with E-state index in [4.69, 9.17) is 0 Å². The molecular weight excluding hydrogens is 350 g/mol. The molecule has 1 aromatic rings. The Kier molecular flexibility index (Phi) is 7.20. The Bertz CT molecular complexity index is 693. The van der Waals surface area contributed by atoms with Gasteiger partial charge in [0.05, 0.1) is 4.90 Å². The molecule has 1 N–H and O–H groups in total. The zero-order chi connectivity index (χ0) is 19.3. The Morgan fingerprint density at radius 1 is 1.23 bits per heavy atom. The second kappa shape index (κ2) is 8.97. The van der Waals surface area contributed by atoms with Gasteiger partial charge in [-0.3, -0.25) is 4.79 Å². The second-order valence-electron chi connectivity index (χ2n) is 7.27. The van der Waals surface area contributed by atoms with Crippen LogP contribution in [-0.2, 0) is 14.8 Å². The van der Waals surface area contributed by atoms with Crippen LogP contribution in [0.3, 0.4) is 0 Å². The number of sulfonamides is 1. The zero-order valence-corrected chi connectivity index (χ0v) is 17.1. The fraction of sp³-hybridized carbons (Fsp3) is 0.632. The molecule has 26 heavy (non-hydrogen) atoms. The number of rotatable bonds is 7. The first-order valence-corrected chi connectivity index (χ1v) is 10.7. The van der Waals surface area contributed by atoms with Crippen molar-refractivity contribution in [1.82, 2.24) is 14.5 Å². The zero-order valence-electron chi connectivity index (χ0n) is 16.2. The van der Waals surface area contributed by atoms with Gasteiger partial charge in [0.2, 0.25) is 15.9 Å². The van der Waals surface area contributed by atoms with Crippen LogP contribution in [0.5, 0.6) is 0 Å². The Hall–Kier alpha value is -1.44. The molecule has 6 nitrogen and oxygen atoms in total. The predicted octanol–water partition coefficient (Wildman–Crippen LogP) is 1.89. The minimum atomic E-state index is -3.49. The number of nitrogens with one attached hydrogen (secondary N) is 1. The Labute approximate surface area is 157 Å². The number of carbonyl (C=O) groups excluding carboxylic acids is 1. The highest BCUT2D eigenvalue weighted by Gasteiger charge is 2.33. The second-order valence-corrected chi connectivity index (χ2v) is 9.20. The average Bonchev–Trinajstić information content (AvgIpc) is 2.65. The summed E-state index contributed by atoms with van der Waals surface area (Å²) >= 11 is 0. The van der Waals surface area contributed by atoms with Crippen molar-refractivity contribution < 1.29 is 13.2 Å². The molecule has 1 aliphatic heterocycles. The highest BCUT2D eigenvalue weighted by Crippen LogP contribution is 2.26. The fourth-order valence-electron chi connectivity index (χ4n) is 3.22. The highest BCUT2D eigenvalue weighted by atomic mass is 32.2. The molecule has 1 heterocycles. The number of carbonyl (C=O) groups is 1. The number of likely N-dealkylation sites (N-methyl/N-ethyl adjacent to an activating group) is 2. The lowest BCUT2D eigenvalue weighted by Gasteiger charge is -2.32. The fourth-order valence-corrected chi connectivity index (χ4v) is 4.69. The third-order valence-corrected chi connectivity index (χ3v) is 6.97. The van der Waals surface area contributed by atoms with Crippen molar-refractivity contribution in [3.05, 3.63) is 29.8 Å². The molecule has 1 fully saturated rings. The van der Waals surface area contributed by atoms with E-state index in [1.807, 2.05) is 19.2 Å². The largest absolute Gasteiger partial charge is 0.344 e. The topological polar surface area (TPSA) is 69.7 Å². The first kappa shape index (κ1) is 20.9. The van der Waals surface area contributed by atoms with Gasteiger partial charge in [-0.25, -0.2) is 8.42 Å². The van der Waals surface area contributed by atoms with Crippen LogP contribution in [-0.4, -0.2) is 63.8 Å². The molecule has 1 aromatic carbocycles. The lowest BCUT2D eigenvalue weighted by Crippen LogP contribution is -2.44. The maximum atomic E-state index is 12.8. The SMILES string of the molecule is CNCCN(C)C(=O)C1CCN(S(=O)(=O)c2ccc(C(C)C)cc2)CC1. The molecule has 1 aliphatic rings. The smallest absolute Gasteiger partial charge is 0.243 e. The van der Waals surface area contributed by atoms with Crippen molar-refractivity contribution in [2.45, 2.75) is 37.5 Å². The van der Waals surface area contributed by atoms with Crippen LogP contribution >= 0.6 is 0 Å². The Morgan fingerprint density at radius 2 is 1.81 bits per heavy atom. The molecule has 146 valence electrons. The molecule has 1 saturated heterocycles. The number of hydrogen-bond donors (Lipinski definition) is 1. The van der Waals surface area contributed by atoms with Gasteiger partial charge in [0, 0.05) is 39.1 Å². The van der Waals surface area contributed by atoms with Gasteiger partial charge in [0.15, 0.2) is 0 Å². The van der Waals surface area contributed by atoms with Crippen molar-refractivity contribution in [3.63, 3.8) is 0 Å². The van der Waals surface area contributed by atoms with Crippen LogP contribution in [0.15, 0.2) is 29.2 Å². The molecular formula is C19H31N3O3S. The Balaban J connectivity index is 1.98. The van der Waals surface area contributed by atoms with Crippen LogP contribution in [0.2, 0.25) is 0 Å². The summed E-state index contributed by atoms with van der Waals surface area (Å²) in [6, 6.07) is 7.13. The van der Waals surface area contributed by atoms with E-state index in [1.54, 1.807) is 24.1 Å². The quantitative estimate of drug-likeness (QED) is 0.783. The van der Waals surface area contributed by atoms with Gasteiger partial charge in [0.25, 0.3) is 0 Å². The van der Waals surface area contributed by atoms with Crippen LogP contribution in [0.4, 0.5) is 0 Å². The van der Waals surface area contributed by atoms with Crippen LogP contribution in [0.1, 0.15) is 38.2 Å². The van der Waals surface area contributed by atoms with E-state index in [1.165, 1.54) is 4.31 Å². The summed E-state index contributed by atoms with van der Waals surface area (Å²) < 4.78 is 27.2. The van der Waals surface area contributed by atoms with Crippen LogP contribution in [0.25, 0.3) is 0 Å². The van der Waals surface area contributed by atoms with Crippen molar-refractivity contribution in [3.8, 4) is 0 Å². The minimum absolute atomic E-state index is 0.0911. The van der Waals surface area contributed by atoms with E-state index >= 15 is 0 Å². The number of nitrogens with zero attached hydrogens (tertiary/aromatic N) is 2. The summed E-state index contributed by atoms with van der Waals surface area (Å²) in [5.41, 5.74) is 1.12. The lowest BCUT2D eigenvalue weighted by molar-refractivity contribution is -0.135. The molecule has 0 bridgehead atoms. The van der Waals surface area contributed by atoms with Gasteiger partial charge in [0.1, 0.15) is 0 Å². The molecule has 0 aromatic heterocycles. The van der Waals surface area contributed by atoms with Crippen molar-refractivity contribution in [2.24, 2.45) is 5.92 Å². The monoisotopic (exact) mass is 381 g/mol. The maximum Gasteiger partial charge on any atom is 0.243 e. The summed E-state index contributed by atoms with van der Waals surface area (Å²) in [6.07, 6.45) is 1.15. The number of hydrogen-bond acceptors (Lipinski definition) is 4. The Morgan fingerprint density at radius 3 is 2.31 bits per heavy atom. The molecule has 0 unspecified atom stereocenters. The van der Waals surface area contributed by atoms with Gasteiger partial charge in [-0.2, -0.15) is 4.31 Å². The summed E-state index contributed by atoms with van der Waals surface area (Å²) in [7, 11) is 0.172. The van der Waals surface area contributed by atoms with Gasteiger partial charge in [-0.15, -0.1) is 0 Å². The predicted molar refractivity (Wildman–Crippen MR) is 104 cm³/mol. The average molecular weight is 382 g/mol. The van der Waals surface area contributed by atoms with E-state index < -0.39 is 10.0 Å².